The lowest BCUT2D eigenvalue weighted by atomic mass is 10.1. The van der Waals surface area contributed by atoms with Gasteiger partial charge in [0, 0.05) is 31.9 Å². The van der Waals surface area contributed by atoms with Gasteiger partial charge in [-0.05, 0) is 24.3 Å². The molecule has 1 atom stereocenters. The van der Waals surface area contributed by atoms with Crippen molar-refractivity contribution < 1.29 is 14.0 Å². The highest BCUT2D eigenvalue weighted by molar-refractivity contribution is 6.06. The Balaban J connectivity index is 1.42. The van der Waals surface area contributed by atoms with Gasteiger partial charge in [0.1, 0.15) is 11.9 Å². The molecule has 29 heavy (non-hydrogen) atoms. The van der Waals surface area contributed by atoms with Gasteiger partial charge in [0.15, 0.2) is 0 Å². The molecular formula is C21H22FN5O2. The van der Waals surface area contributed by atoms with E-state index in [1.54, 1.807) is 12.1 Å². The number of piperazine rings is 1. The Morgan fingerprint density at radius 2 is 1.66 bits per heavy atom. The number of hydrogen-bond acceptors (Lipinski definition) is 5. The number of halogens is 1. The second kappa shape index (κ2) is 8.30. The lowest BCUT2D eigenvalue weighted by Crippen LogP contribution is -2.56. The van der Waals surface area contributed by atoms with Crippen LogP contribution in [0.5, 0.6) is 0 Å². The van der Waals surface area contributed by atoms with Crippen LogP contribution in [0.1, 0.15) is 6.42 Å². The zero-order valence-corrected chi connectivity index (χ0v) is 15.8. The lowest BCUT2D eigenvalue weighted by molar-refractivity contribution is -0.125. The van der Waals surface area contributed by atoms with Crippen LogP contribution in [0.4, 0.5) is 15.8 Å². The van der Waals surface area contributed by atoms with Crippen LogP contribution >= 0.6 is 0 Å². The molecule has 2 aromatic rings. The number of rotatable bonds is 3. The second-order valence-electron chi connectivity index (χ2n) is 7.00. The van der Waals surface area contributed by atoms with Crippen molar-refractivity contribution in [2.24, 2.45) is 4.99 Å². The highest BCUT2D eigenvalue weighted by Gasteiger charge is 2.31. The standard InChI is InChI=1S/C21H22FN5O2/c22-16-8-4-5-9-17(16)23-20(29)18-14-19(28)25-21(24-18)27-12-10-26(11-13-27)15-6-2-1-3-7-15/h1-9,18H,10-14H2,(H,23,29)(H,24,25,28)/t18-/m0/s1. The van der Waals surface area contributed by atoms with E-state index in [0.717, 1.165) is 18.8 Å². The van der Waals surface area contributed by atoms with Crippen molar-refractivity contribution >= 4 is 29.1 Å². The molecule has 2 N–H and O–H groups in total. The molecule has 2 aliphatic heterocycles. The maximum atomic E-state index is 13.8. The Morgan fingerprint density at radius 1 is 1.00 bits per heavy atom. The number of anilines is 2. The molecule has 0 aromatic heterocycles. The minimum absolute atomic E-state index is 0.0617. The molecule has 0 saturated carbocycles. The normalized spacial score (nSPS) is 19.4. The van der Waals surface area contributed by atoms with Gasteiger partial charge in [-0.15, -0.1) is 0 Å². The summed E-state index contributed by atoms with van der Waals surface area (Å²) >= 11 is 0. The molecule has 0 unspecified atom stereocenters. The zero-order chi connectivity index (χ0) is 20.2. The first-order chi connectivity index (χ1) is 14.1. The molecule has 2 aromatic carbocycles. The van der Waals surface area contributed by atoms with Gasteiger partial charge in [-0.2, -0.15) is 0 Å². The third-order valence-corrected chi connectivity index (χ3v) is 5.04. The van der Waals surface area contributed by atoms with Crippen LogP contribution in [0.2, 0.25) is 0 Å². The minimum atomic E-state index is -0.884. The molecule has 2 aliphatic rings. The van der Waals surface area contributed by atoms with Crippen LogP contribution in [0, 0.1) is 5.82 Å². The van der Waals surface area contributed by atoms with Gasteiger partial charge < -0.3 is 15.1 Å². The smallest absolute Gasteiger partial charge is 0.249 e. The number of aliphatic imine (C=N–C) groups is 1. The Bertz CT molecular complexity index is 926. The first kappa shape index (κ1) is 18.9. The molecule has 0 aliphatic carbocycles. The number of amides is 2. The van der Waals surface area contributed by atoms with E-state index in [1.807, 2.05) is 23.1 Å². The fourth-order valence-corrected chi connectivity index (χ4v) is 3.48. The van der Waals surface area contributed by atoms with Crippen LogP contribution in [-0.2, 0) is 9.59 Å². The van der Waals surface area contributed by atoms with Gasteiger partial charge in [0.25, 0.3) is 0 Å². The third-order valence-electron chi connectivity index (χ3n) is 5.04. The summed E-state index contributed by atoms with van der Waals surface area (Å²) in [4.78, 5) is 33.4. The van der Waals surface area contributed by atoms with E-state index in [0.29, 0.717) is 19.0 Å². The van der Waals surface area contributed by atoms with E-state index in [4.69, 9.17) is 0 Å². The van der Waals surface area contributed by atoms with E-state index >= 15 is 0 Å². The van der Waals surface area contributed by atoms with Crippen LogP contribution in [0.25, 0.3) is 0 Å². The summed E-state index contributed by atoms with van der Waals surface area (Å²) in [5.74, 6) is -0.885. The van der Waals surface area contributed by atoms with Gasteiger partial charge in [0.2, 0.25) is 17.8 Å². The Kier molecular flexibility index (Phi) is 5.41. The van der Waals surface area contributed by atoms with Gasteiger partial charge >= 0.3 is 0 Å². The third kappa shape index (κ3) is 4.37. The Morgan fingerprint density at radius 3 is 2.38 bits per heavy atom. The van der Waals surface area contributed by atoms with Gasteiger partial charge in [0.05, 0.1) is 12.1 Å². The summed E-state index contributed by atoms with van der Waals surface area (Å²) in [7, 11) is 0. The van der Waals surface area contributed by atoms with Crippen molar-refractivity contribution in [1.82, 2.24) is 10.2 Å². The quantitative estimate of drug-likeness (QED) is 0.831. The van der Waals surface area contributed by atoms with Crippen molar-refractivity contribution in [1.29, 1.82) is 0 Å². The van der Waals surface area contributed by atoms with Crippen molar-refractivity contribution in [3.8, 4) is 0 Å². The van der Waals surface area contributed by atoms with E-state index in [2.05, 4.69) is 32.7 Å². The van der Waals surface area contributed by atoms with Gasteiger partial charge in [-0.3, -0.25) is 14.9 Å². The molecule has 2 heterocycles. The average molecular weight is 395 g/mol. The van der Waals surface area contributed by atoms with E-state index in [-0.39, 0.29) is 18.0 Å². The number of nitrogens with zero attached hydrogens (tertiary/aromatic N) is 3. The van der Waals surface area contributed by atoms with E-state index in [9.17, 15) is 14.0 Å². The molecule has 8 heteroatoms. The summed E-state index contributed by atoms with van der Waals surface area (Å²) in [6, 6.07) is 15.2. The van der Waals surface area contributed by atoms with Crippen molar-refractivity contribution in [2.75, 3.05) is 36.4 Å². The number of hydrogen-bond donors (Lipinski definition) is 2. The predicted molar refractivity (Wildman–Crippen MR) is 109 cm³/mol. The lowest BCUT2D eigenvalue weighted by Gasteiger charge is -2.38. The van der Waals surface area contributed by atoms with Crippen molar-refractivity contribution in [2.45, 2.75) is 12.5 Å². The maximum Gasteiger partial charge on any atom is 0.249 e. The van der Waals surface area contributed by atoms with Crippen molar-refractivity contribution in [3.63, 3.8) is 0 Å². The number of para-hydroxylation sites is 2. The summed E-state index contributed by atoms with van der Waals surface area (Å²) in [5.41, 5.74) is 1.24. The maximum absolute atomic E-state index is 13.8. The molecule has 150 valence electrons. The zero-order valence-electron chi connectivity index (χ0n) is 15.8. The molecular weight excluding hydrogens is 373 g/mol. The average Bonchev–Trinajstić information content (AvgIpc) is 2.75. The molecule has 1 fully saturated rings. The van der Waals surface area contributed by atoms with Crippen molar-refractivity contribution in [3.05, 3.63) is 60.4 Å². The predicted octanol–water partition coefficient (Wildman–Crippen LogP) is 1.83. The molecule has 7 nitrogen and oxygen atoms in total. The van der Waals surface area contributed by atoms with Crippen LogP contribution < -0.4 is 15.5 Å². The van der Waals surface area contributed by atoms with Gasteiger partial charge in [-0.25, -0.2) is 9.38 Å². The number of nitrogens with one attached hydrogen (secondary N) is 2. The summed E-state index contributed by atoms with van der Waals surface area (Å²) in [5, 5.41) is 5.29. The summed E-state index contributed by atoms with van der Waals surface area (Å²) < 4.78 is 13.8. The topological polar surface area (TPSA) is 77.0 Å². The van der Waals surface area contributed by atoms with E-state index < -0.39 is 17.8 Å². The molecule has 2 amide bonds. The molecule has 1 saturated heterocycles. The van der Waals surface area contributed by atoms with Crippen LogP contribution in [0.3, 0.4) is 0 Å². The monoisotopic (exact) mass is 395 g/mol. The first-order valence-corrected chi connectivity index (χ1v) is 9.58. The minimum Gasteiger partial charge on any atom is -0.368 e. The SMILES string of the molecule is O=C1C[C@@H](C(=O)Nc2ccccc2F)N=C(N2CCN(c3ccccc3)CC2)N1. The Labute approximate surface area is 168 Å². The molecule has 0 radical (unpaired) electrons. The second-order valence-corrected chi connectivity index (χ2v) is 7.00. The largest absolute Gasteiger partial charge is 0.368 e. The summed E-state index contributed by atoms with van der Waals surface area (Å²) in [6.45, 7) is 2.92. The number of benzene rings is 2. The molecule has 0 bridgehead atoms. The fourth-order valence-electron chi connectivity index (χ4n) is 3.48. The number of carbonyl (C=O) groups is 2. The van der Waals surface area contributed by atoms with Gasteiger partial charge in [-0.1, -0.05) is 30.3 Å². The number of guanidine groups is 1. The van der Waals surface area contributed by atoms with Crippen LogP contribution in [0.15, 0.2) is 59.6 Å². The number of carbonyl (C=O) groups excluding carboxylic acids is 2. The van der Waals surface area contributed by atoms with E-state index in [1.165, 1.54) is 12.1 Å². The fraction of sp³-hybridized carbons (Fsp3) is 0.286. The highest BCUT2D eigenvalue weighted by Crippen LogP contribution is 2.18. The van der Waals surface area contributed by atoms with Crippen LogP contribution in [-0.4, -0.2) is 54.9 Å². The molecule has 4 rings (SSSR count). The molecule has 0 spiro atoms. The first-order valence-electron chi connectivity index (χ1n) is 9.58. The highest BCUT2D eigenvalue weighted by atomic mass is 19.1. The Hall–Kier alpha value is -3.42. The summed E-state index contributed by atoms with van der Waals surface area (Å²) in [6.07, 6.45) is -0.0617.